The lowest BCUT2D eigenvalue weighted by Crippen LogP contribution is -2.09. The van der Waals surface area contributed by atoms with E-state index in [2.05, 4.69) is 31.4 Å². The quantitative estimate of drug-likeness (QED) is 0.664. The topological polar surface area (TPSA) is 31.2 Å². The number of aryl methyl sites for hydroxylation is 1. The van der Waals surface area contributed by atoms with Gasteiger partial charge in [0.1, 0.15) is 5.75 Å². The van der Waals surface area contributed by atoms with Gasteiger partial charge in [-0.1, -0.05) is 20.3 Å². The lowest BCUT2D eigenvalue weighted by molar-refractivity contribution is 0.101. The highest BCUT2D eigenvalue weighted by Gasteiger charge is 2.18. The summed E-state index contributed by atoms with van der Waals surface area (Å²) in [6.45, 7) is 11.0. The third kappa shape index (κ3) is 3.18. The van der Waals surface area contributed by atoms with Crippen molar-refractivity contribution in [2.45, 2.75) is 66.5 Å². The highest BCUT2D eigenvalue weighted by molar-refractivity contribution is 6.08. The third-order valence-corrected chi connectivity index (χ3v) is 4.29. The summed E-state index contributed by atoms with van der Waals surface area (Å²) in [6, 6.07) is 6.12. The predicted molar refractivity (Wildman–Crippen MR) is 92.0 cm³/mol. The maximum Gasteiger partial charge on any atom is 0.162 e. The van der Waals surface area contributed by atoms with E-state index in [9.17, 15) is 4.79 Å². The number of benzene rings is 1. The van der Waals surface area contributed by atoms with E-state index in [0.29, 0.717) is 0 Å². The number of carbonyl (C=O) groups is 1. The van der Waals surface area contributed by atoms with Crippen molar-refractivity contribution in [1.82, 2.24) is 4.57 Å². The number of ether oxygens (including phenoxy) is 1. The molecule has 22 heavy (non-hydrogen) atoms. The van der Waals surface area contributed by atoms with Crippen LogP contribution in [0.4, 0.5) is 0 Å². The highest BCUT2D eigenvalue weighted by Crippen LogP contribution is 2.30. The van der Waals surface area contributed by atoms with E-state index in [1.54, 1.807) is 6.92 Å². The summed E-state index contributed by atoms with van der Waals surface area (Å²) >= 11 is 0. The molecule has 0 bridgehead atoms. The number of carbonyl (C=O) groups excluding carboxylic acids is 1. The Kier molecular flexibility index (Phi) is 5.28. The van der Waals surface area contributed by atoms with Gasteiger partial charge in [-0.2, -0.15) is 0 Å². The van der Waals surface area contributed by atoms with Gasteiger partial charge in [0.05, 0.1) is 6.10 Å². The molecule has 0 saturated carbocycles. The Morgan fingerprint density at radius 3 is 2.64 bits per heavy atom. The number of fused-ring (bicyclic) bond motifs is 1. The first-order valence-corrected chi connectivity index (χ1v) is 8.30. The number of rotatable bonds is 7. The molecule has 0 saturated heterocycles. The van der Waals surface area contributed by atoms with Crippen molar-refractivity contribution in [3.05, 3.63) is 29.5 Å². The summed E-state index contributed by atoms with van der Waals surface area (Å²) in [6.07, 6.45) is 3.41. The van der Waals surface area contributed by atoms with Gasteiger partial charge in [-0.05, 0) is 51.8 Å². The standard InChI is InChI=1S/C19H27NO2/c1-6-8-11-20-14(4)19(15(5)21)17-12-16(9-10-18(17)20)22-13(3)7-2/h9-10,12-13H,6-8,11H2,1-5H3/t13-/m1/s1. The van der Waals surface area contributed by atoms with Crippen molar-refractivity contribution in [2.75, 3.05) is 0 Å². The Bertz CT molecular complexity index is 670. The van der Waals surface area contributed by atoms with E-state index in [1.165, 1.54) is 0 Å². The first-order chi connectivity index (χ1) is 10.5. The first-order valence-electron chi connectivity index (χ1n) is 8.30. The molecule has 1 atom stereocenters. The molecule has 1 aromatic heterocycles. The number of hydrogen-bond acceptors (Lipinski definition) is 2. The smallest absolute Gasteiger partial charge is 0.162 e. The SMILES string of the molecule is CCCCn1c(C)c(C(C)=O)c2cc(O[C@H](C)CC)ccc21. The largest absolute Gasteiger partial charge is 0.491 e. The van der Waals surface area contributed by atoms with E-state index in [4.69, 9.17) is 4.74 Å². The second-order valence-electron chi connectivity index (χ2n) is 6.04. The van der Waals surface area contributed by atoms with Crippen LogP contribution >= 0.6 is 0 Å². The minimum atomic E-state index is 0.124. The summed E-state index contributed by atoms with van der Waals surface area (Å²) in [5, 5.41) is 1.02. The van der Waals surface area contributed by atoms with Crippen LogP contribution in [0.3, 0.4) is 0 Å². The fourth-order valence-corrected chi connectivity index (χ4v) is 2.90. The zero-order valence-corrected chi connectivity index (χ0v) is 14.4. The molecule has 2 aromatic rings. The van der Waals surface area contributed by atoms with Gasteiger partial charge in [-0.25, -0.2) is 0 Å². The summed E-state index contributed by atoms with van der Waals surface area (Å²) < 4.78 is 8.18. The number of aromatic nitrogens is 1. The number of nitrogens with zero attached hydrogens (tertiary/aromatic N) is 1. The summed E-state index contributed by atoms with van der Waals surface area (Å²) in [5.41, 5.74) is 3.03. The Labute approximate surface area is 133 Å². The van der Waals surface area contributed by atoms with Crippen molar-refractivity contribution in [1.29, 1.82) is 0 Å². The van der Waals surface area contributed by atoms with Gasteiger partial charge in [-0.3, -0.25) is 4.79 Å². The van der Waals surface area contributed by atoms with Gasteiger partial charge in [0.2, 0.25) is 0 Å². The van der Waals surface area contributed by atoms with E-state index in [0.717, 1.165) is 53.7 Å². The van der Waals surface area contributed by atoms with Crippen LogP contribution in [-0.4, -0.2) is 16.5 Å². The van der Waals surface area contributed by atoms with Crippen molar-refractivity contribution < 1.29 is 9.53 Å². The van der Waals surface area contributed by atoms with Crippen LogP contribution in [0, 0.1) is 6.92 Å². The maximum absolute atomic E-state index is 12.1. The average molecular weight is 301 g/mol. The minimum absolute atomic E-state index is 0.124. The molecule has 0 fully saturated rings. The monoisotopic (exact) mass is 301 g/mol. The van der Waals surface area contributed by atoms with Crippen LogP contribution in [0.15, 0.2) is 18.2 Å². The molecule has 0 aliphatic rings. The Hall–Kier alpha value is -1.77. The van der Waals surface area contributed by atoms with Crippen molar-refractivity contribution >= 4 is 16.7 Å². The summed E-state index contributed by atoms with van der Waals surface area (Å²) in [7, 11) is 0. The molecule has 0 aliphatic heterocycles. The summed E-state index contributed by atoms with van der Waals surface area (Å²) in [5.74, 6) is 0.968. The third-order valence-electron chi connectivity index (χ3n) is 4.29. The molecule has 0 unspecified atom stereocenters. The van der Waals surface area contributed by atoms with Gasteiger partial charge in [0.25, 0.3) is 0 Å². The van der Waals surface area contributed by atoms with Crippen molar-refractivity contribution in [3.8, 4) is 5.75 Å². The molecule has 0 amide bonds. The van der Waals surface area contributed by atoms with Gasteiger partial charge in [-0.15, -0.1) is 0 Å². The summed E-state index contributed by atoms with van der Waals surface area (Å²) in [4.78, 5) is 12.1. The van der Waals surface area contributed by atoms with Crippen molar-refractivity contribution in [3.63, 3.8) is 0 Å². The molecule has 1 heterocycles. The molecule has 0 N–H and O–H groups in total. The van der Waals surface area contributed by atoms with Crippen LogP contribution < -0.4 is 4.74 Å². The van der Waals surface area contributed by atoms with Crippen LogP contribution in [0.5, 0.6) is 5.75 Å². The van der Waals surface area contributed by atoms with Gasteiger partial charge < -0.3 is 9.30 Å². The fraction of sp³-hybridized carbons (Fsp3) is 0.526. The molecule has 3 nitrogen and oxygen atoms in total. The van der Waals surface area contributed by atoms with E-state index < -0.39 is 0 Å². The Balaban J connectivity index is 2.54. The van der Waals surface area contributed by atoms with Gasteiger partial charge in [0.15, 0.2) is 5.78 Å². The molecule has 0 radical (unpaired) electrons. The Morgan fingerprint density at radius 1 is 1.32 bits per heavy atom. The normalized spacial score (nSPS) is 12.6. The molecule has 0 aliphatic carbocycles. The fourth-order valence-electron chi connectivity index (χ4n) is 2.90. The highest BCUT2D eigenvalue weighted by atomic mass is 16.5. The zero-order valence-electron chi connectivity index (χ0n) is 14.4. The lowest BCUT2D eigenvalue weighted by atomic mass is 10.1. The maximum atomic E-state index is 12.1. The van der Waals surface area contributed by atoms with Gasteiger partial charge >= 0.3 is 0 Å². The first kappa shape index (κ1) is 16.6. The molecular formula is C19H27NO2. The van der Waals surface area contributed by atoms with Crippen LogP contribution in [0.25, 0.3) is 10.9 Å². The van der Waals surface area contributed by atoms with Crippen molar-refractivity contribution in [2.24, 2.45) is 0 Å². The second kappa shape index (κ2) is 6.99. The number of unbranched alkanes of at least 4 members (excludes halogenated alkanes) is 1. The Morgan fingerprint density at radius 2 is 2.05 bits per heavy atom. The van der Waals surface area contributed by atoms with Gasteiger partial charge in [0, 0.05) is 28.7 Å². The minimum Gasteiger partial charge on any atom is -0.491 e. The van der Waals surface area contributed by atoms with E-state index in [1.807, 2.05) is 19.1 Å². The van der Waals surface area contributed by atoms with Crippen LogP contribution in [-0.2, 0) is 6.54 Å². The molecule has 2 rings (SSSR count). The molecule has 3 heteroatoms. The average Bonchev–Trinajstić information content (AvgIpc) is 2.76. The predicted octanol–water partition coefficient (Wildman–Crippen LogP) is 5.13. The lowest BCUT2D eigenvalue weighted by Gasteiger charge is -2.13. The number of hydrogen-bond donors (Lipinski definition) is 0. The number of Topliss-reactive ketones (excluding diaryl/α,β-unsaturated/α-hetero) is 1. The van der Waals surface area contributed by atoms with Crippen LogP contribution in [0.2, 0.25) is 0 Å². The molecule has 120 valence electrons. The molecular weight excluding hydrogens is 274 g/mol. The second-order valence-corrected chi connectivity index (χ2v) is 6.04. The van der Waals surface area contributed by atoms with E-state index in [-0.39, 0.29) is 11.9 Å². The number of ketones is 1. The molecule has 1 aromatic carbocycles. The zero-order chi connectivity index (χ0) is 16.3. The van der Waals surface area contributed by atoms with Crippen LogP contribution in [0.1, 0.15) is 63.0 Å². The molecule has 0 spiro atoms. The van der Waals surface area contributed by atoms with E-state index >= 15 is 0 Å².